The minimum Gasteiger partial charge on any atom is -0.497 e. The number of halogens is 1. The normalized spacial score (nSPS) is 13.0. The summed E-state index contributed by atoms with van der Waals surface area (Å²) in [5.74, 6) is -1.44. The van der Waals surface area contributed by atoms with Crippen LogP contribution in [0.3, 0.4) is 0 Å². The number of carboxylic acid groups (broad SMARTS) is 1. The van der Waals surface area contributed by atoms with E-state index >= 15 is 0 Å². The zero-order chi connectivity index (χ0) is 23.4. The Labute approximate surface area is 191 Å². The lowest BCUT2D eigenvalue weighted by atomic mass is 9.98. The molecule has 0 bridgehead atoms. The third kappa shape index (κ3) is 4.82. The number of hydrogen-bond donors (Lipinski definition) is 2. The summed E-state index contributed by atoms with van der Waals surface area (Å²) in [5, 5.41) is 11.9. The summed E-state index contributed by atoms with van der Waals surface area (Å²) in [6.45, 7) is 0.0826. The lowest BCUT2D eigenvalue weighted by Crippen LogP contribution is -2.41. The van der Waals surface area contributed by atoms with E-state index in [1.54, 1.807) is 12.1 Å². The quantitative estimate of drug-likeness (QED) is 0.518. The Bertz CT molecular complexity index is 1130. The van der Waals surface area contributed by atoms with Crippen molar-refractivity contribution in [3.63, 3.8) is 0 Å². The van der Waals surface area contributed by atoms with Crippen LogP contribution in [0.5, 0.6) is 5.75 Å². The van der Waals surface area contributed by atoms with Gasteiger partial charge in [0, 0.05) is 12.0 Å². The van der Waals surface area contributed by atoms with Crippen LogP contribution in [-0.2, 0) is 16.0 Å². The molecule has 1 aliphatic carbocycles. The molecule has 0 heterocycles. The summed E-state index contributed by atoms with van der Waals surface area (Å²) >= 11 is 0. The van der Waals surface area contributed by atoms with E-state index in [-0.39, 0.29) is 25.4 Å². The van der Waals surface area contributed by atoms with E-state index in [1.165, 1.54) is 13.2 Å². The smallest absolute Gasteiger partial charge is 0.407 e. The largest absolute Gasteiger partial charge is 0.497 e. The number of methoxy groups -OCH3 is 1. The van der Waals surface area contributed by atoms with Gasteiger partial charge in [-0.2, -0.15) is 0 Å². The molecular formula is C26H24FNO5. The molecule has 0 saturated heterocycles. The Hall–Kier alpha value is -3.87. The zero-order valence-electron chi connectivity index (χ0n) is 18.1. The highest BCUT2D eigenvalue weighted by atomic mass is 19.1. The first-order chi connectivity index (χ1) is 16.0. The van der Waals surface area contributed by atoms with Gasteiger partial charge in [-0.1, -0.05) is 54.6 Å². The van der Waals surface area contributed by atoms with Crippen LogP contribution in [0.25, 0.3) is 11.1 Å². The van der Waals surface area contributed by atoms with E-state index in [0.717, 1.165) is 22.3 Å². The molecule has 0 aromatic heterocycles. The lowest BCUT2D eigenvalue weighted by Gasteiger charge is -2.17. The zero-order valence-corrected chi connectivity index (χ0v) is 18.1. The van der Waals surface area contributed by atoms with E-state index < -0.39 is 23.9 Å². The van der Waals surface area contributed by atoms with Crippen molar-refractivity contribution in [1.29, 1.82) is 0 Å². The molecule has 0 fully saturated rings. The number of hydrogen-bond acceptors (Lipinski definition) is 4. The molecule has 3 aromatic rings. The first kappa shape index (κ1) is 22.3. The van der Waals surface area contributed by atoms with Crippen LogP contribution < -0.4 is 10.1 Å². The minimum atomic E-state index is -1.21. The number of aryl methyl sites for hydroxylation is 1. The van der Waals surface area contributed by atoms with Crippen LogP contribution in [0, 0.1) is 5.82 Å². The molecule has 170 valence electrons. The number of carbonyl (C=O) groups excluding carboxylic acids is 1. The molecule has 4 rings (SSSR count). The molecule has 1 atom stereocenters. The number of ether oxygens (including phenoxy) is 2. The maximum atomic E-state index is 14.1. The summed E-state index contributed by atoms with van der Waals surface area (Å²) in [6, 6.07) is 19.1. The van der Waals surface area contributed by atoms with Crippen molar-refractivity contribution in [2.75, 3.05) is 13.7 Å². The summed E-state index contributed by atoms with van der Waals surface area (Å²) < 4.78 is 24.5. The standard InChI is InChI=1S/C26H24FNO5/c1-32-17-12-10-16(23(27)14-17)11-13-24(25(29)30)28-26(31)33-15-22-20-8-4-2-6-18(20)19-7-3-5-9-21(19)22/h2-10,12,14,22,24H,11,13,15H2,1H3,(H,28,31)(H,29,30). The molecule has 33 heavy (non-hydrogen) atoms. The van der Waals surface area contributed by atoms with Crippen LogP contribution >= 0.6 is 0 Å². The molecule has 2 N–H and O–H groups in total. The number of rotatable bonds is 8. The van der Waals surface area contributed by atoms with Crippen molar-refractivity contribution in [2.24, 2.45) is 0 Å². The van der Waals surface area contributed by atoms with Crippen molar-refractivity contribution >= 4 is 12.1 Å². The third-order valence-electron chi connectivity index (χ3n) is 5.90. The van der Waals surface area contributed by atoms with Gasteiger partial charge in [0.15, 0.2) is 0 Å². The van der Waals surface area contributed by atoms with Crippen molar-refractivity contribution in [2.45, 2.75) is 24.8 Å². The Kier molecular flexibility index (Phi) is 6.58. The van der Waals surface area contributed by atoms with Gasteiger partial charge in [0.25, 0.3) is 0 Å². The summed E-state index contributed by atoms with van der Waals surface area (Å²) in [5.41, 5.74) is 4.68. The van der Waals surface area contributed by atoms with Crippen molar-refractivity contribution < 1.29 is 28.6 Å². The SMILES string of the molecule is COc1ccc(CCC(NC(=O)OCC2c3ccccc3-c3ccccc32)C(=O)O)c(F)c1. The van der Waals surface area contributed by atoms with E-state index in [1.807, 2.05) is 48.5 Å². The predicted octanol–water partition coefficient (Wildman–Crippen LogP) is 4.76. The van der Waals surface area contributed by atoms with Crippen LogP contribution in [0.2, 0.25) is 0 Å². The van der Waals surface area contributed by atoms with Crippen LogP contribution in [-0.4, -0.2) is 36.9 Å². The van der Waals surface area contributed by atoms with Gasteiger partial charge >= 0.3 is 12.1 Å². The topological polar surface area (TPSA) is 84.9 Å². The second-order valence-electron chi connectivity index (χ2n) is 7.86. The number of amides is 1. The van der Waals surface area contributed by atoms with Crippen molar-refractivity contribution in [3.05, 3.63) is 89.2 Å². The monoisotopic (exact) mass is 449 g/mol. The molecule has 6 nitrogen and oxygen atoms in total. The number of carbonyl (C=O) groups is 2. The van der Waals surface area contributed by atoms with Gasteiger partial charge in [-0.05, 0) is 46.7 Å². The molecular weight excluding hydrogens is 425 g/mol. The molecule has 0 radical (unpaired) electrons. The van der Waals surface area contributed by atoms with Crippen LogP contribution in [0.15, 0.2) is 66.7 Å². The Morgan fingerprint density at radius 3 is 2.24 bits per heavy atom. The molecule has 1 amide bonds. The number of alkyl carbamates (subject to hydrolysis) is 1. The van der Waals surface area contributed by atoms with Gasteiger partial charge in [0.1, 0.15) is 24.2 Å². The second-order valence-corrected chi connectivity index (χ2v) is 7.86. The Morgan fingerprint density at radius 1 is 1.03 bits per heavy atom. The first-order valence-corrected chi connectivity index (χ1v) is 10.6. The molecule has 1 aliphatic rings. The molecule has 3 aromatic carbocycles. The van der Waals surface area contributed by atoms with Gasteiger partial charge in [0.2, 0.25) is 0 Å². The van der Waals surface area contributed by atoms with Gasteiger partial charge in [-0.3, -0.25) is 0 Å². The molecule has 0 aliphatic heterocycles. The summed E-state index contributed by atoms with van der Waals surface area (Å²) in [7, 11) is 1.44. The molecule has 0 saturated carbocycles. The van der Waals surface area contributed by atoms with Crippen molar-refractivity contribution in [3.8, 4) is 16.9 Å². The number of carboxylic acids is 1. The Morgan fingerprint density at radius 2 is 1.67 bits per heavy atom. The van der Waals surface area contributed by atoms with Crippen LogP contribution in [0.1, 0.15) is 29.0 Å². The molecule has 0 spiro atoms. The average Bonchev–Trinajstić information content (AvgIpc) is 3.14. The van der Waals surface area contributed by atoms with Crippen molar-refractivity contribution in [1.82, 2.24) is 5.32 Å². The number of benzene rings is 3. The van der Waals surface area contributed by atoms with E-state index in [4.69, 9.17) is 9.47 Å². The van der Waals surface area contributed by atoms with E-state index in [9.17, 15) is 19.1 Å². The second kappa shape index (κ2) is 9.73. The number of aliphatic carboxylic acids is 1. The summed E-state index contributed by atoms with van der Waals surface area (Å²) in [4.78, 5) is 24.1. The number of fused-ring (bicyclic) bond motifs is 3. The Balaban J connectivity index is 1.38. The fourth-order valence-electron chi connectivity index (χ4n) is 4.20. The predicted molar refractivity (Wildman–Crippen MR) is 121 cm³/mol. The average molecular weight is 449 g/mol. The maximum Gasteiger partial charge on any atom is 0.407 e. The fourth-order valence-corrected chi connectivity index (χ4v) is 4.20. The van der Waals surface area contributed by atoms with Gasteiger partial charge in [-0.15, -0.1) is 0 Å². The highest BCUT2D eigenvalue weighted by Gasteiger charge is 2.29. The van der Waals surface area contributed by atoms with Gasteiger partial charge < -0.3 is 19.9 Å². The van der Waals surface area contributed by atoms with Crippen LogP contribution in [0.4, 0.5) is 9.18 Å². The lowest BCUT2D eigenvalue weighted by molar-refractivity contribution is -0.139. The first-order valence-electron chi connectivity index (χ1n) is 10.6. The maximum absolute atomic E-state index is 14.1. The van der Waals surface area contributed by atoms with E-state index in [0.29, 0.717) is 11.3 Å². The third-order valence-corrected chi connectivity index (χ3v) is 5.90. The summed E-state index contributed by atoms with van der Waals surface area (Å²) in [6.07, 6.45) is -0.668. The van der Waals surface area contributed by atoms with Gasteiger partial charge in [0.05, 0.1) is 7.11 Å². The van der Waals surface area contributed by atoms with Gasteiger partial charge in [-0.25, -0.2) is 14.0 Å². The minimum absolute atomic E-state index is 0.0166. The molecule has 7 heteroatoms. The highest BCUT2D eigenvalue weighted by Crippen LogP contribution is 2.44. The fraction of sp³-hybridized carbons (Fsp3) is 0.231. The van der Waals surface area contributed by atoms with E-state index in [2.05, 4.69) is 5.32 Å². The highest BCUT2D eigenvalue weighted by molar-refractivity contribution is 5.81. The number of nitrogens with one attached hydrogen (secondary N) is 1. The molecule has 1 unspecified atom stereocenters.